The van der Waals surface area contributed by atoms with Crippen LogP contribution < -0.4 is 10.5 Å². The number of primary sulfonamides is 1. The first kappa shape index (κ1) is 17.9. The molecule has 2 unspecified atom stereocenters. The van der Waals surface area contributed by atoms with Gasteiger partial charge in [0.2, 0.25) is 10.0 Å². The summed E-state index contributed by atoms with van der Waals surface area (Å²) in [5, 5.41) is 7.99. The molecule has 0 fully saturated rings. The van der Waals surface area contributed by atoms with E-state index < -0.39 is 25.1 Å². The summed E-state index contributed by atoms with van der Waals surface area (Å²) in [5.74, 6) is 0.414. The molecule has 2 heterocycles. The Morgan fingerprint density at radius 2 is 2.05 bits per heavy atom. The standard InChI is InChI=1S/C13H22N2O4S3/c1-8(2)7-15-11-5-4-9(3)21(16,17)13-10(11)6-12(20-13)22(14,18)19/h6,8-9,11,15H,4-5,7H2,1-3H3,(H2,14,18,19). The molecule has 126 valence electrons. The third-order valence-corrected chi connectivity index (χ3v) is 9.14. The minimum atomic E-state index is -3.90. The van der Waals surface area contributed by atoms with Crippen LogP contribution in [-0.4, -0.2) is 28.6 Å². The van der Waals surface area contributed by atoms with E-state index in [1.165, 1.54) is 6.07 Å². The Bertz CT molecular complexity index is 750. The first-order valence-corrected chi connectivity index (χ1v) is 11.1. The predicted molar refractivity (Wildman–Crippen MR) is 87.2 cm³/mol. The number of hydrogen-bond acceptors (Lipinski definition) is 6. The van der Waals surface area contributed by atoms with Crippen LogP contribution in [0.25, 0.3) is 0 Å². The monoisotopic (exact) mass is 366 g/mol. The second-order valence-corrected chi connectivity index (χ2v) is 11.5. The fourth-order valence-corrected chi connectivity index (χ4v) is 6.88. The maximum atomic E-state index is 12.6. The average Bonchev–Trinajstić information content (AvgIpc) is 2.80. The van der Waals surface area contributed by atoms with Gasteiger partial charge in [0.25, 0.3) is 0 Å². The zero-order chi connectivity index (χ0) is 16.7. The van der Waals surface area contributed by atoms with Crippen molar-refractivity contribution in [1.82, 2.24) is 5.32 Å². The second-order valence-electron chi connectivity index (χ2n) is 6.14. The molecule has 1 aromatic heterocycles. The molecule has 0 bridgehead atoms. The predicted octanol–water partition coefficient (Wildman–Crippen LogP) is 1.64. The summed E-state index contributed by atoms with van der Waals surface area (Å²) >= 11 is 0.763. The van der Waals surface area contributed by atoms with Crippen LogP contribution >= 0.6 is 11.3 Å². The Kier molecular flexibility index (Phi) is 5.03. The van der Waals surface area contributed by atoms with E-state index in [0.717, 1.165) is 17.9 Å². The van der Waals surface area contributed by atoms with E-state index >= 15 is 0 Å². The maximum Gasteiger partial charge on any atom is 0.247 e. The van der Waals surface area contributed by atoms with Gasteiger partial charge in [0.15, 0.2) is 9.84 Å². The molecule has 0 aromatic carbocycles. The minimum Gasteiger partial charge on any atom is -0.310 e. The average molecular weight is 367 g/mol. The minimum absolute atomic E-state index is 0.0912. The molecule has 3 N–H and O–H groups in total. The van der Waals surface area contributed by atoms with Crippen LogP contribution in [0.2, 0.25) is 0 Å². The van der Waals surface area contributed by atoms with Crippen LogP contribution in [0.1, 0.15) is 45.2 Å². The number of hydrogen-bond donors (Lipinski definition) is 2. The molecule has 6 nitrogen and oxygen atoms in total. The number of sulfone groups is 1. The quantitative estimate of drug-likeness (QED) is 0.842. The van der Waals surface area contributed by atoms with E-state index in [9.17, 15) is 16.8 Å². The van der Waals surface area contributed by atoms with Crippen molar-refractivity contribution in [2.45, 2.75) is 53.3 Å². The molecule has 0 amide bonds. The lowest BCUT2D eigenvalue weighted by Crippen LogP contribution is -2.25. The SMILES string of the molecule is CC(C)CNC1CCC(C)S(=O)(=O)c2sc(S(N)(=O)=O)cc21. The van der Waals surface area contributed by atoms with E-state index in [4.69, 9.17) is 5.14 Å². The summed E-state index contributed by atoms with van der Waals surface area (Å²) < 4.78 is 48.4. The van der Waals surface area contributed by atoms with E-state index in [0.29, 0.717) is 24.3 Å². The lowest BCUT2D eigenvalue weighted by atomic mass is 10.0. The van der Waals surface area contributed by atoms with Gasteiger partial charge in [-0.3, -0.25) is 0 Å². The lowest BCUT2D eigenvalue weighted by molar-refractivity contribution is 0.443. The second kappa shape index (κ2) is 6.20. The molecule has 1 aromatic rings. The summed E-state index contributed by atoms with van der Waals surface area (Å²) in [6, 6.07) is 1.26. The highest BCUT2D eigenvalue weighted by molar-refractivity contribution is 7.95. The van der Waals surface area contributed by atoms with Crippen molar-refractivity contribution in [1.29, 1.82) is 0 Å². The van der Waals surface area contributed by atoms with Gasteiger partial charge in [-0.05, 0) is 43.9 Å². The largest absolute Gasteiger partial charge is 0.310 e. The summed E-state index contributed by atoms with van der Waals surface area (Å²) in [7, 11) is -7.41. The fourth-order valence-electron chi connectivity index (χ4n) is 2.46. The van der Waals surface area contributed by atoms with Crippen LogP contribution in [0.4, 0.5) is 0 Å². The first-order chi connectivity index (χ1) is 10.0. The van der Waals surface area contributed by atoms with Crippen molar-refractivity contribution in [3.8, 4) is 0 Å². The van der Waals surface area contributed by atoms with Crippen molar-refractivity contribution in [2.24, 2.45) is 11.1 Å². The van der Waals surface area contributed by atoms with E-state index in [2.05, 4.69) is 19.2 Å². The van der Waals surface area contributed by atoms with Gasteiger partial charge in [0.1, 0.15) is 8.42 Å². The Hall–Kier alpha value is -0.480. The number of nitrogens with one attached hydrogen (secondary N) is 1. The van der Waals surface area contributed by atoms with Gasteiger partial charge in [-0.1, -0.05) is 13.8 Å². The molecule has 0 saturated heterocycles. The Labute approximate surface area is 136 Å². The molecule has 0 aliphatic carbocycles. The summed E-state index contributed by atoms with van der Waals surface area (Å²) in [6.45, 7) is 6.53. The van der Waals surface area contributed by atoms with Gasteiger partial charge >= 0.3 is 0 Å². The molecule has 1 aliphatic heterocycles. The van der Waals surface area contributed by atoms with Crippen molar-refractivity contribution in [3.05, 3.63) is 11.6 Å². The molecule has 0 saturated carbocycles. The van der Waals surface area contributed by atoms with E-state index in [1.807, 2.05) is 0 Å². The molecule has 0 radical (unpaired) electrons. The zero-order valence-corrected chi connectivity index (χ0v) is 15.3. The number of nitrogens with two attached hydrogens (primary N) is 1. The van der Waals surface area contributed by atoms with Gasteiger partial charge < -0.3 is 5.32 Å². The highest BCUT2D eigenvalue weighted by atomic mass is 32.3. The van der Waals surface area contributed by atoms with Crippen LogP contribution in [0.3, 0.4) is 0 Å². The van der Waals surface area contributed by atoms with Crippen LogP contribution in [0.5, 0.6) is 0 Å². The molecule has 2 atom stereocenters. The number of rotatable bonds is 4. The first-order valence-electron chi connectivity index (χ1n) is 7.17. The van der Waals surface area contributed by atoms with E-state index in [-0.39, 0.29) is 14.5 Å². The molecule has 9 heteroatoms. The third-order valence-electron chi connectivity index (χ3n) is 3.78. The van der Waals surface area contributed by atoms with Crippen molar-refractivity contribution >= 4 is 31.2 Å². The van der Waals surface area contributed by atoms with Crippen molar-refractivity contribution in [2.75, 3.05) is 6.54 Å². The van der Waals surface area contributed by atoms with Crippen LogP contribution in [0, 0.1) is 5.92 Å². The Morgan fingerprint density at radius 3 is 2.59 bits per heavy atom. The summed E-state index contributed by atoms with van der Waals surface area (Å²) in [6.07, 6.45) is 1.20. The van der Waals surface area contributed by atoms with Crippen LogP contribution in [0.15, 0.2) is 14.5 Å². The van der Waals surface area contributed by atoms with Gasteiger partial charge in [0.05, 0.1) is 5.25 Å². The molecule has 2 rings (SSSR count). The Morgan fingerprint density at radius 1 is 1.41 bits per heavy atom. The third kappa shape index (κ3) is 3.53. The molecule has 1 aliphatic rings. The van der Waals surface area contributed by atoms with Gasteiger partial charge in [-0.2, -0.15) is 0 Å². The number of sulfonamides is 1. The highest BCUT2D eigenvalue weighted by Crippen LogP contribution is 2.41. The van der Waals surface area contributed by atoms with E-state index in [1.54, 1.807) is 6.92 Å². The number of fused-ring (bicyclic) bond motifs is 1. The fraction of sp³-hybridized carbons (Fsp3) is 0.692. The molecular weight excluding hydrogens is 344 g/mol. The maximum absolute atomic E-state index is 12.6. The molecule has 0 spiro atoms. The van der Waals surface area contributed by atoms with Gasteiger partial charge in [0, 0.05) is 6.04 Å². The highest BCUT2D eigenvalue weighted by Gasteiger charge is 2.36. The molecular formula is C13H22N2O4S3. The zero-order valence-electron chi connectivity index (χ0n) is 12.9. The van der Waals surface area contributed by atoms with Gasteiger partial charge in [-0.25, -0.2) is 22.0 Å². The lowest BCUT2D eigenvalue weighted by Gasteiger charge is -2.18. The topological polar surface area (TPSA) is 106 Å². The smallest absolute Gasteiger partial charge is 0.247 e. The number of thiophene rings is 1. The summed E-state index contributed by atoms with van der Waals surface area (Å²) in [4.78, 5) is 0. The van der Waals surface area contributed by atoms with Crippen molar-refractivity contribution in [3.63, 3.8) is 0 Å². The van der Waals surface area contributed by atoms with Gasteiger partial charge in [-0.15, -0.1) is 11.3 Å². The molecule has 22 heavy (non-hydrogen) atoms. The van der Waals surface area contributed by atoms with Crippen molar-refractivity contribution < 1.29 is 16.8 Å². The van der Waals surface area contributed by atoms with Crippen LogP contribution in [-0.2, 0) is 19.9 Å². The normalized spacial score (nSPS) is 25.0. The summed E-state index contributed by atoms with van der Waals surface area (Å²) in [5.41, 5.74) is 0.541. The Balaban J connectivity index is 2.54.